The predicted molar refractivity (Wildman–Crippen MR) is 75.2 cm³/mol. The number of thioether (sulfide) groups is 1. The molecule has 0 aromatic heterocycles. The highest BCUT2D eigenvalue weighted by molar-refractivity contribution is 7.99. The van der Waals surface area contributed by atoms with Gasteiger partial charge in [-0.3, -0.25) is 0 Å². The molecule has 0 aliphatic rings. The van der Waals surface area contributed by atoms with E-state index in [-0.39, 0.29) is 0 Å². The fourth-order valence-corrected chi connectivity index (χ4v) is 1.92. The zero-order valence-corrected chi connectivity index (χ0v) is 11.7. The van der Waals surface area contributed by atoms with E-state index in [4.69, 9.17) is 0 Å². The van der Waals surface area contributed by atoms with Crippen LogP contribution in [0.1, 0.15) is 30.0 Å². The van der Waals surface area contributed by atoms with Gasteiger partial charge in [0.1, 0.15) is 0 Å². The van der Waals surface area contributed by atoms with Gasteiger partial charge in [-0.1, -0.05) is 25.1 Å². The highest BCUT2D eigenvalue weighted by atomic mass is 32.2. The Morgan fingerprint density at radius 1 is 1.25 bits per heavy atom. The van der Waals surface area contributed by atoms with Gasteiger partial charge in [-0.2, -0.15) is 11.8 Å². The van der Waals surface area contributed by atoms with Crippen molar-refractivity contribution >= 4 is 11.8 Å². The van der Waals surface area contributed by atoms with Crippen molar-refractivity contribution in [1.82, 2.24) is 5.32 Å². The number of hydrogen-bond donors (Lipinski definition) is 1. The summed E-state index contributed by atoms with van der Waals surface area (Å²) in [5.74, 6) is 0. The molecule has 0 fully saturated rings. The van der Waals surface area contributed by atoms with Gasteiger partial charge >= 0.3 is 0 Å². The number of rotatable bonds is 6. The van der Waals surface area contributed by atoms with E-state index in [9.17, 15) is 0 Å². The van der Waals surface area contributed by atoms with Gasteiger partial charge < -0.3 is 5.32 Å². The summed E-state index contributed by atoms with van der Waals surface area (Å²) in [5, 5.41) is 4.26. The minimum absolute atomic E-state index is 0.757. The Balaban J connectivity index is 2.29. The van der Waals surface area contributed by atoms with Crippen LogP contribution in [0.4, 0.5) is 0 Å². The topological polar surface area (TPSA) is 12.0 Å². The first-order chi connectivity index (χ1) is 7.63. The lowest BCUT2D eigenvalue weighted by atomic mass is 10.1. The zero-order chi connectivity index (χ0) is 12.0. The first-order valence-electron chi connectivity index (χ1n) is 5.93. The van der Waals surface area contributed by atoms with Crippen LogP contribution in [-0.4, -0.2) is 18.1 Å². The van der Waals surface area contributed by atoms with Gasteiger partial charge in [-0.05, 0) is 49.8 Å². The largest absolute Gasteiger partial charge is 0.313 e. The normalized spacial score (nSPS) is 12.8. The number of benzene rings is 1. The first kappa shape index (κ1) is 13.6. The molecular formula is C14H23NS. The fourth-order valence-electron chi connectivity index (χ4n) is 1.57. The SMILES string of the molecule is CSC(C)CCNCc1ccc(C)c(C)c1. The maximum absolute atomic E-state index is 3.50. The molecule has 0 amide bonds. The van der Waals surface area contributed by atoms with E-state index in [1.54, 1.807) is 0 Å². The zero-order valence-electron chi connectivity index (χ0n) is 10.8. The van der Waals surface area contributed by atoms with E-state index in [1.807, 2.05) is 11.8 Å². The predicted octanol–water partition coefficient (Wildman–Crippen LogP) is 3.53. The lowest BCUT2D eigenvalue weighted by Crippen LogP contribution is -2.17. The molecule has 0 spiro atoms. The molecule has 1 aromatic carbocycles. The molecule has 1 aromatic rings. The molecule has 90 valence electrons. The van der Waals surface area contributed by atoms with Crippen molar-refractivity contribution in [3.63, 3.8) is 0 Å². The molecule has 0 aliphatic carbocycles. The molecule has 1 atom stereocenters. The van der Waals surface area contributed by atoms with Crippen molar-refractivity contribution in [3.05, 3.63) is 34.9 Å². The molecule has 0 aliphatic heterocycles. The molecule has 16 heavy (non-hydrogen) atoms. The summed E-state index contributed by atoms with van der Waals surface area (Å²) in [6, 6.07) is 6.70. The molecule has 1 unspecified atom stereocenters. The monoisotopic (exact) mass is 237 g/mol. The molecule has 0 radical (unpaired) electrons. The molecule has 0 heterocycles. The third-order valence-electron chi connectivity index (χ3n) is 3.03. The van der Waals surface area contributed by atoms with E-state index in [0.29, 0.717) is 0 Å². The Hall–Kier alpha value is -0.470. The number of hydrogen-bond acceptors (Lipinski definition) is 2. The first-order valence-corrected chi connectivity index (χ1v) is 7.22. The van der Waals surface area contributed by atoms with Gasteiger partial charge in [-0.25, -0.2) is 0 Å². The van der Waals surface area contributed by atoms with Crippen LogP contribution < -0.4 is 5.32 Å². The Labute approximate surface area is 104 Å². The standard InChI is InChI=1S/C14H23NS/c1-11-5-6-14(9-12(11)2)10-15-8-7-13(3)16-4/h5-6,9,13,15H,7-8,10H2,1-4H3. The lowest BCUT2D eigenvalue weighted by molar-refractivity contribution is 0.648. The van der Waals surface area contributed by atoms with Crippen molar-refractivity contribution in [2.45, 2.75) is 39.0 Å². The van der Waals surface area contributed by atoms with Crippen LogP contribution in [0, 0.1) is 13.8 Å². The highest BCUT2D eigenvalue weighted by Crippen LogP contribution is 2.10. The summed E-state index contributed by atoms with van der Waals surface area (Å²) in [7, 11) is 0. The third-order valence-corrected chi connectivity index (χ3v) is 4.07. The van der Waals surface area contributed by atoms with Gasteiger partial charge in [0, 0.05) is 11.8 Å². The Bertz CT molecular complexity index is 323. The summed E-state index contributed by atoms with van der Waals surface area (Å²) in [5.41, 5.74) is 4.15. The van der Waals surface area contributed by atoms with Crippen LogP contribution in [0.25, 0.3) is 0 Å². The van der Waals surface area contributed by atoms with Crippen molar-refractivity contribution < 1.29 is 0 Å². The summed E-state index contributed by atoms with van der Waals surface area (Å²) in [6.07, 6.45) is 3.42. The average molecular weight is 237 g/mol. The van der Waals surface area contributed by atoms with Crippen LogP contribution in [0.5, 0.6) is 0 Å². The minimum Gasteiger partial charge on any atom is -0.313 e. The second-order valence-corrected chi connectivity index (χ2v) is 5.71. The van der Waals surface area contributed by atoms with Gasteiger partial charge in [-0.15, -0.1) is 0 Å². The molecule has 1 nitrogen and oxygen atoms in total. The van der Waals surface area contributed by atoms with E-state index in [0.717, 1.165) is 18.3 Å². The molecule has 0 saturated heterocycles. The minimum atomic E-state index is 0.757. The smallest absolute Gasteiger partial charge is 0.0205 e. The van der Waals surface area contributed by atoms with Crippen molar-refractivity contribution in [1.29, 1.82) is 0 Å². The quantitative estimate of drug-likeness (QED) is 0.760. The number of nitrogens with one attached hydrogen (secondary N) is 1. The number of aryl methyl sites for hydroxylation is 2. The van der Waals surface area contributed by atoms with Crippen LogP contribution in [0.3, 0.4) is 0 Å². The fraction of sp³-hybridized carbons (Fsp3) is 0.571. The van der Waals surface area contributed by atoms with E-state index in [2.05, 4.69) is 50.5 Å². The summed E-state index contributed by atoms with van der Waals surface area (Å²) < 4.78 is 0. The summed E-state index contributed by atoms with van der Waals surface area (Å²) >= 11 is 1.94. The Kier molecular flexibility index (Phi) is 5.93. The van der Waals surface area contributed by atoms with Crippen molar-refractivity contribution in [3.8, 4) is 0 Å². The highest BCUT2D eigenvalue weighted by Gasteiger charge is 1.99. The van der Waals surface area contributed by atoms with E-state index in [1.165, 1.54) is 23.1 Å². The van der Waals surface area contributed by atoms with E-state index < -0.39 is 0 Å². The Morgan fingerprint density at radius 2 is 2.00 bits per heavy atom. The molecule has 1 rings (SSSR count). The average Bonchev–Trinajstić information content (AvgIpc) is 2.28. The van der Waals surface area contributed by atoms with Crippen LogP contribution in [0.15, 0.2) is 18.2 Å². The lowest BCUT2D eigenvalue weighted by Gasteiger charge is -2.10. The molecule has 2 heteroatoms. The molecule has 1 N–H and O–H groups in total. The van der Waals surface area contributed by atoms with Gasteiger partial charge in [0.15, 0.2) is 0 Å². The molecule has 0 saturated carbocycles. The van der Waals surface area contributed by atoms with Crippen LogP contribution in [-0.2, 0) is 6.54 Å². The van der Waals surface area contributed by atoms with Gasteiger partial charge in [0.25, 0.3) is 0 Å². The van der Waals surface area contributed by atoms with Crippen molar-refractivity contribution in [2.75, 3.05) is 12.8 Å². The second kappa shape index (κ2) is 6.97. The maximum Gasteiger partial charge on any atom is 0.0205 e. The molecular weight excluding hydrogens is 214 g/mol. The van der Waals surface area contributed by atoms with Crippen LogP contribution in [0.2, 0.25) is 0 Å². The van der Waals surface area contributed by atoms with Gasteiger partial charge in [0.05, 0.1) is 0 Å². The molecule has 0 bridgehead atoms. The maximum atomic E-state index is 3.50. The van der Waals surface area contributed by atoms with E-state index >= 15 is 0 Å². The second-order valence-electron chi connectivity index (χ2n) is 4.43. The summed E-state index contributed by atoms with van der Waals surface area (Å²) in [6.45, 7) is 8.71. The summed E-state index contributed by atoms with van der Waals surface area (Å²) in [4.78, 5) is 0. The van der Waals surface area contributed by atoms with Crippen molar-refractivity contribution in [2.24, 2.45) is 0 Å². The van der Waals surface area contributed by atoms with Gasteiger partial charge in [0.2, 0.25) is 0 Å². The van der Waals surface area contributed by atoms with Crippen LogP contribution >= 0.6 is 11.8 Å². The Morgan fingerprint density at radius 3 is 2.62 bits per heavy atom. The third kappa shape index (κ3) is 4.58.